The first-order valence-corrected chi connectivity index (χ1v) is 10.7. The van der Waals surface area contributed by atoms with Gasteiger partial charge in [-0.15, -0.1) is 13.2 Å². The molecule has 3 aromatic rings. The Bertz CT molecular complexity index is 1180. The fourth-order valence-corrected chi connectivity index (χ4v) is 3.50. The van der Waals surface area contributed by atoms with Gasteiger partial charge in [0.15, 0.2) is 0 Å². The van der Waals surface area contributed by atoms with E-state index in [2.05, 4.69) is 25.2 Å². The molecule has 0 fully saturated rings. The van der Waals surface area contributed by atoms with Gasteiger partial charge in [0.2, 0.25) is 6.29 Å². The van der Waals surface area contributed by atoms with Crippen LogP contribution in [0.3, 0.4) is 0 Å². The van der Waals surface area contributed by atoms with Crippen molar-refractivity contribution in [3.05, 3.63) is 107 Å². The van der Waals surface area contributed by atoms with Gasteiger partial charge in [0.1, 0.15) is 5.75 Å². The number of hydrazone groups is 1. The van der Waals surface area contributed by atoms with Crippen molar-refractivity contribution in [1.29, 1.82) is 0 Å². The first-order chi connectivity index (χ1) is 16.4. The number of rotatable bonds is 7. The zero-order valence-electron chi connectivity index (χ0n) is 17.8. The van der Waals surface area contributed by atoms with Crippen molar-refractivity contribution in [2.24, 2.45) is 10.1 Å². The molecule has 3 aromatic carbocycles. The predicted molar refractivity (Wildman–Crippen MR) is 128 cm³/mol. The molecule has 0 spiro atoms. The zero-order chi connectivity index (χ0) is 24.0. The molecule has 1 N–H and O–H groups in total. The Kier molecular flexibility index (Phi) is 7.18. The lowest BCUT2D eigenvalue weighted by Crippen LogP contribution is -2.42. The molecule has 0 radical (unpaired) electrons. The molecule has 4 rings (SSSR count). The van der Waals surface area contributed by atoms with Gasteiger partial charge in [-0.1, -0.05) is 54.1 Å². The average molecular weight is 485 g/mol. The minimum atomic E-state index is -4.73. The van der Waals surface area contributed by atoms with Gasteiger partial charge in [-0.2, -0.15) is 5.10 Å². The summed E-state index contributed by atoms with van der Waals surface area (Å²) in [4.78, 5) is 6.58. The van der Waals surface area contributed by atoms with Crippen LogP contribution in [0, 0.1) is 0 Å². The van der Waals surface area contributed by atoms with Crippen LogP contribution in [0.2, 0.25) is 5.02 Å². The third kappa shape index (κ3) is 6.39. The van der Waals surface area contributed by atoms with Crippen molar-refractivity contribution in [1.82, 2.24) is 10.3 Å². The molecule has 1 aliphatic heterocycles. The van der Waals surface area contributed by atoms with Gasteiger partial charge in [0.05, 0.1) is 6.21 Å². The van der Waals surface area contributed by atoms with Crippen molar-refractivity contribution in [2.45, 2.75) is 19.2 Å². The zero-order valence-corrected chi connectivity index (χ0v) is 18.5. The number of hydrogen-bond acceptors (Lipinski definition) is 5. The summed E-state index contributed by atoms with van der Waals surface area (Å²) in [7, 11) is 0. The van der Waals surface area contributed by atoms with Gasteiger partial charge in [0.25, 0.3) is 0 Å². The Morgan fingerprint density at radius 3 is 2.38 bits per heavy atom. The standard InChI is InChI=1S/C25H20ClF3N4O/c26-21-10-6-19(7-11-21)17-33-23(20-4-2-1-3-5-20)14-15-30-24(33)32-31-16-18-8-12-22(13-9-18)34-25(27,28)29/h1-16,24,32H,17H2. The second-order valence-electron chi connectivity index (χ2n) is 7.35. The van der Waals surface area contributed by atoms with Gasteiger partial charge in [0, 0.05) is 23.5 Å². The molecule has 1 unspecified atom stereocenters. The van der Waals surface area contributed by atoms with Gasteiger partial charge in [-0.25, -0.2) is 4.99 Å². The van der Waals surface area contributed by atoms with Crippen molar-refractivity contribution >= 4 is 29.7 Å². The normalized spacial score (nSPS) is 15.9. The van der Waals surface area contributed by atoms with Crippen molar-refractivity contribution in [3.8, 4) is 5.75 Å². The maximum Gasteiger partial charge on any atom is 0.573 e. The lowest BCUT2D eigenvalue weighted by molar-refractivity contribution is -0.274. The number of alkyl halides is 3. The molecule has 0 aliphatic carbocycles. The Balaban J connectivity index is 1.50. The lowest BCUT2D eigenvalue weighted by atomic mass is 10.1. The summed E-state index contributed by atoms with van der Waals surface area (Å²) >= 11 is 6.03. The largest absolute Gasteiger partial charge is 0.573 e. The van der Waals surface area contributed by atoms with Crippen LogP contribution >= 0.6 is 11.6 Å². The third-order valence-electron chi connectivity index (χ3n) is 4.92. The molecule has 0 amide bonds. The maximum atomic E-state index is 12.3. The van der Waals surface area contributed by atoms with Crippen LogP contribution in [0.5, 0.6) is 5.75 Å². The Morgan fingerprint density at radius 1 is 1.00 bits per heavy atom. The molecule has 1 aliphatic rings. The highest BCUT2D eigenvalue weighted by Crippen LogP contribution is 2.26. The van der Waals surface area contributed by atoms with E-state index in [4.69, 9.17) is 11.6 Å². The topological polar surface area (TPSA) is 49.2 Å². The van der Waals surface area contributed by atoms with Crippen LogP contribution in [0.1, 0.15) is 16.7 Å². The molecule has 9 heteroatoms. The Labute approximate surface area is 199 Å². The molecule has 1 heterocycles. The number of allylic oxidation sites excluding steroid dienone is 1. The van der Waals surface area contributed by atoms with Crippen LogP contribution in [-0.4, -0.2) is 30.0 Å². The quantitative estimate of drug-likeness (QED) is 0.327. The van der Waals surface area contributed by atoms with Gasteiger partial charge in [-0.05, 0) is 59.2 Å². The molecule has 5 nitrogen and oxygen atoms in total. The van der Waals surface area contributed by atoms with Crippen LogP contribution < -0.4 is 10.2 Å². The monoisotopic (exact) mass is 484 g/mol. The molecule has 0 saturated heterocycles. The highest BCUT2D eigenvalue weighted by atomic mass is 35.5. The maximum absolute atomic E-state index is 12.3. The lowest BCUT2D eigenvalue weighted by Gasteiger charge is -2.34. The van der Waals surface area contributed by atoms with Gasteiger partial charge >= 0.3 is 6.36 Å². The SMILES string of the molecule is FC(F)(F)Oc1ccc(C=NNC2N=CC=C(c3ccccc3)N2Cc2ccc(Cl)cc2)cc1. The van der Waals surface area contributed by atoms with Crippen molar-refractivity contribution in [3.63, 3.8) is 0 Å². The molecule has 34 heavy (non-hydrogen) atoms. The number of aliphatic imine (C=N–C) groups is 1. The molecule has 0 bridgehead atoms. The van der Waals surface area contributed by atoms with E-state index in [9.17, 15) is 13.2 Å². The summed E-state index contributed by atoms with van der Waals surface area (Å²) in [5.41, 5.74) is 6.66. The van der Waals surface area contributed by atoms with E-state index >= 15 is 0 Å². The smallest absolute Gasteiger partial charge is 0.406 e. The molecular weight excluding hydrogens is 465 g/mol. The van der Waals surface area contributed by atoms with Crippen LogP contribution in [0.25, 0.3) is 5.70 Å². The molecule has 174 valence electrons. The van der Waals surface area contributed by atoms with E-state index in [0.29, 0.717) is 17.1 Å². The summed E-state index contributed by atoms with van der Waals surface area (Å²) in [6.07, 6.45) is -0.0643. The van der Waals surface area contributed by atoms with E-state index < -0.39 is 12.7 Å². The van der Waals surface area contributed by atoms with E-state index in [0.717, 1.165) is 16.8 Å². The van der Waals surface area contributed by atoms with Crippen molar-refractivity contribution in [2.75, 3.05) is 0 Å². The first kappa shape index (κ1) is 23.4. The predicted octanol–water partition coefficient (Wildman–Crippen LogP) is 6.07. The van der Waals surface area contributed by atoms with Gasteiger partial charge < -0.3 is 9.64 Å². The summed E-state index contributed by atoms with van der Waals surface area (Å²) in [5, 5.41) is 4.92. The van der Waals surface area contributed by atoms with E-state index in [-0.39, 0.29) is 5.75 Å². The van der Waals surface area contributed by atoms with Crippen molar-refractivity contribution < 1.29 is 17.9 Å². The summed E-state index contributed by atoms with van der Waals surface area (Å²) in [6, 6.07) is 22.9. The minimum absolute atomic E-state index is 0.290. The van der Waals surface area contributed by atoms with Crippen LogP contribution in [0.15, 0.2) is 95.0 Å². The second kappa shape index (κ2) is 10.4. The highest BCUT2D eigenvalue weighted by Gasteiger charge is 2.31. The number of ether oxygens (including phenoxy) is 1. The van der Waals surface area contributed by atoms with E-state index in [1.807, 2.05) is 60.7 Å². The number of halogens is 4. The van der Waals surface area contributed by atoms with E-state index in [1.165, 1.54) is 30.5 Å². The average Bonchev–Trinajstić information content (AvgIpc) is 2.82. The number of hydrogen-bond donors (Lipinski definition) is 1. The molecular formula is C25H20ClF3N4O. The molecule has 0 saturated carbocycles. The van der Waals surface area contributed by atoms with Crippen LogP contribution in [-0.2, 0) is 6.54 Å². The Hall–Kier alpha value is -3.78. The Morgan fingerprint density at radius 2 is 1.71 bits per heavy atom. The highest BCUT2D eigenvalue weighted by molar-refractivity contribution is 6.30. The second-order valence-corrected chi connectivity index (χ2v) is 7.78. The van der Waals surface area contributed by atoms with E-state index in [1.54, 1.807) is 6.21 Å². The number of nitrogens with zero attached hydrogens (tertiary/aromatic N) is 3. The molecule has 0 aromatic heterocycles. The first-order valence-electron chi connectivity index (χ1n) is 10.3. The summed E-state index contributed by atoms with van der Waals surface area (Å²) < 4.78 is 40.9. The third-order valence-corrected chi connectivity index (χ3v) is 5.17. The summed E-state index contributed by atoms with van der Waals surface area (Å²) in [6.45, 7) is 0.548. The van der Waals surface area contributed by atoms with Crippen LogP contribution in [0.4, 0.5) is 13.2 Å². The minimum Gasteiger partial charge on any atom is -0.406 e. The molecule has 1 atom stereocenters. The van der Waals surface area contributed by atoms with Gasteiger partial charge in [-0.3, -0.25) is 5.43 Å². The summed E-state index contributed by atoms with van der Waals surface area (Å²) in [5.74, 6) is -0.290. The fourth-order valence-electron chi connectivity index (χ4n) is 3.37. The fraction of sp³-hybridized carbons (Fsp3) is 0.120. The number of benzene rings is 3. The number of nitrogens with one attached hydrogen (secondary N) is 1.